The highest BCUT2D eigenvalue weighted by molar-refractivity contribution is 5.93. The van der Waals surface area contributed by atoms with Gasteiger partial charge < -0.3 is 15.2 Å². The number of nitrogens with zero attached hydrogens (tertiary/aromatic N) is 3. The molecule has 162 valence electrons. The lowest BCUT2D eigenvalue weighted by atomic mass is 10.1. The summed E-state index contributed by atoms with van der Waals surface area (Å²) >= 11 is 0. The molecule has 2 amide bonds. The zero-order valence-electron chi connectivity index (χ0n) is 17.6. The quantitative estimate of drug-likeness (QED) is 0.604. The predicted molar refractivity (Wildman–Crippen MR) is 113 cm³/mol. The van der Waals surface area contributed by atoms with E-state index in [4.69, 9.17) is 0 Å². The molecule has 8 nitrogen and oxygen atoms in total. The molecule has 1 aromatic carbocycles. The number of benzene rings is 1. The fraction of sp³-hybridized carbons (Fsp3) is 0.273. The number of amides is 2. The largest absolute Gasteiger partial charge is 0.348 e. The zero-order chi connectivity index (χ0) is 22.5. The number of nitrogens with one attached hydrogen (secondary N) is 2. The minimum absolute atomic E-state index is 0.0754. The molecule has 0 bridgehead atoms. The van der Waals surface area contributed by atoms with Gasteiger partial charge in [-0.1, -0.05) is 12.1 Å². The molecular formula is C22H24FN5O3. The second-order valence-corrected chi connectivity index (χ2v) is 7.26. The Labute approximate surface area is 178 Å². The number of aryl methyl sites for hydroxylation is 1. The van der Waals surface area contributed by atoms with Crippen molar-refractivity contribution >= 4 is 11.8 Å². The van der Waals surface area contributed by atoms with E-state index in [1.165, 1.54) is 35.0 Å². The summed E-state index contributed by atoms with van der Waals surface area (Å²) in [5.41, 5.74) is 1.88. The van der Waals surface area contributed by atoms with Gasteiger partial charge in [-0.3, -0.25) is 19.1 Å². The third-order valence-corrected chi connectivity index (χ3v) is 5.06. The molecule has 0 aliphatic carbocycles. The average molecular weight is 425 g/mol. The molecule has 0 saturated carbocycles. The number of halogens is 1. The van der Waals surface area contributed by atoms with Crippen LogP contribution < -0.4 is 16.2 Å². The number of hydrogen-bond donors (Lipinski definition) is 2. The Bertz CT molecular complexity index is 1150. The van der Waals surface area contributed by atoms with E-state index in [0.717, 1.165) is 11.3 Å². The van der Waals surface area contributed by atoms with E-state index in [1.54, 1.807) is 23.0 Å². The monoisotopic (exact) mass is 425 g/mol. The molecule has 2 heterocycles. The molecular weight excluding hydrogens is 401 g/mol. The highest BCUT2D eigenvalue weighted by Gasteiger charge is 2.17. The highest BCUT2D eigenvalue weighted by atomic mass is 19.1. The van der Waals surface area contributed by atoms with E-state index >= 15 is 0 Å². The molecule has 31 heavy (non-hydrogen) atoms. The third-order valence-electron chi connectivity index (χ3n) is 5.06. The topological polar surface area (TPSA) is 98.0 Å². The van der Waals surface area contributed by atoms with Gasteiger partial charge in [-0.25, -0.2) is 4.39 Å². The molecule has 0 saturated heterocycles. The fourth-order valence-corrected chi connectivity index (χ4v) is 3.17. The van der Waals surface area contributed by atoms with Gasteiger partial charge >= 0.3 is 0 Å². The van der Waals surface area contributed by atoms with Gasteiger partial charge in [0, 0.05) is 31.0 Å². The van der Waals surface area contributed by atoms with E-state index in [1.807, 2.05) is 20.9 Å². The van der Waals surface area contributed by atoms with Gasteiger partial charge in [0.15, 0.2) is 0 Å². The first kappa shape index (κ1) is 21.9. The summed E-state index contributed by atoms with van der Waals surface area (Å²) in [6.45, 7) is 3.67. The van der Waals surface area contributed by atoms with Crippen LogP contribution in [0.5, 0.6) is 0 Å². The molecule has 2 N–H and O–H groups in total. The summed E-state index contributed by atoms with van der Waals surface area (Å²) in [5, 5.41) is 9.64. The lowest BCUT2D eigenvalue weighted by Crippen LogP contribution is -2.37. The Morgan fingerprint density at radius 1 is 1.19 bits per heavy atom. The van der Waals surface area contributed by atoms with E-state index < -0.39 is 11.5 Å². The molecule has 0 radical (unpaired) electrons. The second-order valence-electron chi connectivity index (χ2n) is 7.26. The number of aromatic nitrogens is 3. The average Bonchev–Trinajstić information content (AvgIpc) is 3.07. The first-order chi connectivity index (χ1) is 14.8. The van der Waals surface area contributed by atoms with Crippen molar-refractivity contribution in [2.75, 3.05) is 0 Å². The van der Waals surface area contributed by atoms with Crippen LogP contribution in [0.25, 0.3) is 0 Å². The molecule has 2 aromatic heterocycles. The second kappa shape index (κ2) is 9.38. The molecule has 0 spiro atoms. The van der Waals surface area contributed by atoms with Gasteiger partial charge in [-0.15, -0.1) is 0 Å². The maximum absolute atomic E-state index is 13.0. The number of rotatable bonds is 7. The van der Waals surface area contributed by atoms with Crippen LogP contribution in [0.15, 0.2) is 53.6 Å². The van der Waals surface area contributed by atoms with Crippen LogP contribution in [0.1, 0.15) is 40.1 Å². The minimum atomic E-state index is -0.570. The van der Waals surface area contributed by atoms with Crippen molar-refractivity contribution in [1.82, 2.24) is 25.0 Å². The van der Waals surface area contributed by atoms with Crippen LogP contribution in [0.3, 0.4) is 0 Å². The predicted octanol–water partition coefficient (Wildman–Crippen LogP) is 1.84. The minimum Gasteiger partial charge on any atom is -0.348 e. The van der Waals surface area contributed by atoms with Crippen LogP contribution in [-0.2, 0) is 24.9 Å². The molecule has 0 aliphatic rings. The number of carbonyl (C=O) groups excluding carboxylic acids is 2. The van der Waals surface area contributed by atoms with E-state index in [2.05, 4.69) is 15.7 Å². The van der Waals surface area contributed by atoms with Gasteiger partial charge in [0.05, 0.1) is 12.2 Å². The summed E-state index contributed by atoms with van der Waals surface area (Å²) in [4.78, 5) is 37.6. The summed E-state index contributed by atoms with van der Waals surface area (Å²) in [6, 6.07) is 8.35. The first-order valence-corrected chi connectivity index (χ1v) is 9.76. The Hall–Kier alpha value is -3.75. The molecule has 3 rings (SSSR count). The lowest BCUT2D eigenvalue weighted by Gasteiger charge is -2.15. The zero-order valence-corrected chi connectivity index (χ0v) is 17.6. The Balaban J connectivity index is 1.65. The number of carbonyl (C=O) groups is 2. The van der Waals surface area contributed by atoms with Crippen molar-refractivity contribution in [2.45, 2.75) is 33.0 Å². The van der Waals surface area contributed by atoms with Crippen LogP contribution in [0, 0.1) is 12.7 Å². The Morgan fingerprint density at radius 3 is 2.55 bits per heavy atom. The van der Waals surface area contributed by atoms with Crippen LogP contribution in [-0.4, -0.2) is 26.2 Å². The summed E-state index contributed by atoms with van der Waals surface area (Å²) in [6.07, 6.45) is 3.15. The SMILES string of the molecule is Cc1c(C(C)NC(=O)Cn2cccc(C(=O)NCc3ccc(F)cc3)c2=O)cnn1C. The van der Waals surface area contributed by atoms with Crippen molar-refractivity contribution in [2.24, 2.45) is 7.05 Å². The fourth-order valence-electron chi connectivity index (χ4n) is 3.17. The van der Waals surface area contributed by atoms with Gasteiger partial charge in [0.25, 0.3) is 11.5 Å². The molecule has 1 atom stereocenters. The molecule has 9 heteroatoms. The Morgan fingerprint density at radius 2 is 1.90 bits per heavy atom. The maximum atomic E-state index is 13.0. The number of hydrogen-bond acceptors (Lipinski definition) is 4. The van der Waals surface area contributed by atoms with Crippen LogP contribution in [0.2, 0.25) is 0 Å². The van der Waals surface area contributed by atoms with Gasteiger partial charge in [0.1, 0.15) is 17.9 Å². The standard InChI is InChI=1S/C22H24FN5O3/c1-14(19-12-25-27(3)15(19)2)26-20(29)13-28-10-4-5-18(22(28)31)21(30)24-11-16-6-8-17(23)9-7-16/h4-10,12,14H,11,13H2,1-3H3,(H,24,30)(H,26,29). The van der Waals surface area contributed by atoms with Gasteiger partial charge in [-0.05, 0) is 43.7 Å². The van der Waals surface area contributed by atoms with Crippen molar-refractivity contribution in [3.8, 4) is 0 Å². The van der Waals surface area contributed by atoms with E-state index in [9.17, 15) is 18.8 Å². The Kier molecular flexibility index (Phi) is 6.64. The summed E-state index contributed by atoms with van der Waals surface area (Å²) < 4.78 is 15.9. The molecule has 3 aromatic rings. The van der Waals surface area contributed by atoms with Crippen LogP contribution in [0.4, 0.5) is 4.39 Å². The molecule has 0 aliphatic heterocycles. The highest BCUT2D eigenvalue weighted by Crippen LogP contribution is 2.15. The van der Waals surface area contributed by atoms with Gasteiger partial charge in [0.2, 0.25) is 5.91 Å². The van der Waals surface area contributed by atoms with Crippen molar-refractivity contribution in [1.29, 1.82) is 0 Å². The maximum Gasteiger partial charge on any atom is 0.263 e. The third kappa shape index (κ3) is 5.25. The van der Waals surface area contributed by atoms with E-state index in [-0.39, 0.29) is 36.4 Å². The van der Waals surface area contributed by atoms with Crippen molar-refractivity contribution < 1.29 is 14.0 Å². The smallest absolute Gasteiger partial charge is 0.263 e. The lowest BCUT2D eigenvalue weighted by molar-refractivity contribution is -0.122. The van der Waals surface area contributed by atoms with Crippen molar-refractivity contribution in [3.63, 3.8) is 0 Å². The first-order valence-electron chi connectivity index (χ1n) is 9.76. The molecule has 1 unspecified atom stereocenters. The van der Waals surface area contributed by atoms with Gasteiger partial charge in [-0.2, -0.15) is 5.10 Å². The summed E-state index contributed by atoms with van der Waals surface area (Å²) in [7, 11) is 1.82. The summed E-state index contributed by atoms with van der Waals surface area (Å²) in [5.74, 6) is -1.29. The van der Waals surface area contributed by atoms with Crippen molar-refractivity contribution in [3.05, 3.63) is 87.3 Å². The van der Waals surface area contributed by atoms with Crippen LogP contribution >= 0.6 is 0 Å². The molecule has 0 fully saturated rings. The normalized spacial score (nSPS) is 11.7. The number of pyridine rings is 1. The van der Waals surface area contributed by atoms with E-state index in [0.29, 0.717) is 5.56 Å².